The Bertz CT molecular complexity index is 467. The molecule has 1 aromatic heterocycles. The van der Waals surface area contributed by atoms with Crippen LogP contribution in [0.25, 0.3) is 0 Å². The number of nitrogen functional groups attached to an aromatic ring is 1. The van der Waals surface area contributed by atoms with Crippen LogP contribution < -0.4 is 16.8 Å². The van der Waals surface area contributed by atoms with Gasteiger partial charge in [-0.2, -0.15) is 0 Å². The zero-order valence-corrected chi connectivity index (χ0v) is 11.4. The predicted molar refractivity (Wildman–Crippen MR) is 76.8 cm³/mol. The van der Waals surface area contributed by atoms with E-state index in [9.17, 15) is 4.79 Å². The third-order valence-corrected chi connectivity index (χ3v) is 3.92. The van der Waals surface area contributed by atoms with Crippen LogP contribution in [0.3, 0.4) is 0 Å². The van der Waals surface area contributed by atoms with E-state index in [0.29, 0.717) is 17.1 Å². The monoisotopic (exact) mass is 262 g/mol. The van der Waals surface area contributed by atoms with Gasteiger partial charge in [-0.15, -0.1) is 0 Å². The molecule has 1 saturated carbocycles. The number of primary amides is 1. The first-order valence-electron chi connectivity index (χ1n) is 6.79. The van der Waals surface area contributed by atoms with Gasteiger partial charge < -0.3 is 16.8 Å². The molecule has 0 bridgehead atoms. The molecule has 1 aliphatic rings. The maximum atomic E-state index is 11.4. The fourth-order valence-electron chi connectivity index (χ4n) is 2.69. The molecule has 0 saturated heterocycles. The zero-order chi connectivity index (χ0) is 13.9. The summed E-state index contributed by atoms with van der Waals surface area (Å²) in [5, 5.41) is 3.26. The SMILES string of the molecule is CC1(CNc2ncc(N)cc2C(N)=O)CCCCC1. The van der Waals surface area contributed by atoms with Crippen LogP contribution >= 0.6 is 0 Å². The van der Waals surface area contributed by atoms with Crippen molar-refractivity contribution in [2.75, 3.05) is 17.6 Å². The van der Waals surface area contributed by atoms with Crippen LogP contribution in [0.15, 0.2) is 12.3 Å². The van der Waals surface area contributed by atoms with Gasteiger partial charge in [0.2, 0.25) is 0 Å². The summed E-state index contributed by atoms with van der Waals surface area (Å²) >= 11 is 0. The van der Waals surface area contributed by atoms with Crippen molar-refractivity contribution in [3.63, 3.8) is 0 Å². The predicted octanol–water partition coefficient (Wildman–Crippen LogP) is 2.14. The minimum absolute atomic E-state index is 0.274. The van der Waals surface area contributed by atoms with Gasteiger partial charge in [0, 0.05) is 6.54 Å². The van der Waals surface area contributed by atoms with Crippen LogP contribution in [-0.2, 0) is 0 Å². The number of amides is 1. The van der Waals surface area contributed by atoms with Gasteiger partial charge in [0.15, 0.2) is 0 Å². The quantitative estimate of drug-likeness (QED) is 0.775. The number of hydrogen-bond donors (Lipinski definition) is 3. The summed E-state index contributed by atoms with van der Waals surface area (Å²) in [6.07, 6.45) is 7.83. The number of hydrogen-bond acceptors (Lipinski definition) is 4. The molecule has 1 aliphatic carbocycles. The Kier molecular flexibility index (Phi) is 3.93. The van der Waals surface area contributed by atoms with Gasteiger partial charge in [0.1, 0.15) is 5.82 Å². The maximum Gasteiger partial charge on any atom is 0.252 e. The number of carbonyl (C=O) groups is 1. The average Bonchev–Trinajstić information content (AvgIpc) is 2.38. The van der Waals surface area contributed by atoms with Gasteiger partial charge in [-0.3, -0.25) is 4.79 Å². The maximum absolute atomic E-state index is 11.4. The molecule has 104 valence electrons. The number of anilines is 2. The van der Waals surface area contributed by atoms with E-state index in [1.807, 2.05) is 0 Å². The van der Waals surface area contributed by atoms with Crippen molar-refractivity contribution in [1.29, 1.82) is 0 Å². The molecule has 0 spiro atoms. The van der Waals surface area contributed by atoms with E-state index in [-0.39, 0.29) is 5.41 Å². The van der Waals surface area contributed by atoms with E-state index < -0.39 is 5.91 Å². The van der Waals surface area contributed by atoms with E-state index in [2.05, 4.69) is 17.2 Å². The lowest BCUT2D eigenvalue weighted by molar-refractivity contribution is 0.100. The normalized spacial score (nSPS) is 17.9. The summed E-state index contributed by atoms with van der Waals surface area (Å²) in [6.45, 7) is 3.09. The molecular weight excluding hydrogens is 240 g/mol. The number of carbonyl (C=O) groups excluding carboxylic acids is 1. The summed E-state index contributed by atoms with van der Waals surface area (Å²) in [6, 6.07) is 1.57. The molecule has 5 N–H and O–H groups in total. The summed E-state index contributed by atoms with van der Waals surface area (Å²) < 4.78 is 0. The topological polar surface area (TPSA) is 94.0 Å². The lowest BCUT2D eigenvalue weighted by atomic mass is 9.76. The molecule has 0 radical (unpaired) electrons. The molecular formula is C14H22N4O. The molecule has 2 rings (SSSR count). The Morgan fingerprint density at radius 1 is 1.42 bits per heavy atom. The average molecular weight is 262 g/mol. The van der Waals surface area contributed by atoms with Gasteiger partial charge >= 0.3 is 0 Å². The molecule has 1 fully saturated rings. The smallest absolute Gasteiger partial charge is 0.252 e. The minimum Gasteiger partial charge on any atom is -0.397 e. The third kappa shape index (κ3) is 3.36. The first-order valence-corrected chi connectivity index (χ1v) is 6.79. The molecule has 1 heterocycles. The van der Waals surface area contributed by atoms with Gasteiger partial charge in [-0.1, -0.05) is 26.2 Å². The lowest BCUT2D eigenvalue weighted by Crippen LogP contribution is -2.30. The molecule has 5 nitrogen and oxygen atoms in total. The summed E-state index contributed by atoms with van der Waals surface area (Å²) in [7, 11) is 0. The highest BCUT2D eigenvalue weighted by Gasteiger charge is 2.27. The van der Waals surface area contributed by atoms with Gasteiger partial charge in [-0.25, -0.2) is 4.98 Å². The van der Waals surface area contributed by atoms with E-state index in [1.54, 1.807) is 6.07 Å². The molecule has 5 heteroatoms. The van der Waals surface area contributed by atoms with Crippen LogP contribution in [-0.4, -0.2) is 17.4 Å². The Hall–Kier alpha value is -1.78. The van der Waals surface area contributed by atoms with Crippen molar-refractivity contribution in [1.82, 2.24) is 4.98 Å². The van der Waals surface area contributed by atoms with Crippen LogP contribution in [0.1, 0.15) is 49.4 Å². The van der Waals surface area contributed by atoms with E-state index in [0.717, 1.165) is 6.54 Å². The second-order valence-corrected chi connectivity index (χ2v) is 5.75. The van der Waals surface area contributed by atoms with E-state index in [4.69, 9.17) is 11.5 Å². The Labute approximate surface area is 113 Å². The molecule has 0 unspecified atom stereocenters. The third-order valence-electron chi connectivity index (χ3n) is 3.92. The highest BCUT2D eigenvalue weighted by atomic mass is 16.1. The van der Waals surface area contributed by atoms with E-state index >= 15 is 0 Å². The summed E-state index contributed by atoms with van der Waals surface area (Å²) in [4.78, 5) is 15.6. The Morgan fingerprint density at radius 2 is 2.11 bits per heavy atom. The zero-order valence-electron chi connectivity index (χ0n) is 11.4. The molecule has 0 aliphatic heterocycles. The van der Waals surface area contributed by atoms with Crippen LogP contribution in [0.4, 0.5) is 11.5 Å². The van der Waals surface area contributed by atoms with Crippen molar-refractivity contribution >= 4 is 17.4 Å². The summed E-state index contributed by atoms with van der Waals surface area (Å²) in [5.41, 5.74) is 12.1. The Balaban J connectivity index is 2.08. The van der Waals surface area contributed by atoms with E-state index in [1.165, 1.54) is 38.3 Å². The number of nitrogens with two attached hydrogens (primary N) is 2. The van der Waals surface area contributed by atoms with Gasteiger partial charge in [0.25, 0.3) is 5.91 Å². The Morgan fingerprint density at radius 3 is 2.74 bits per heavy atom. The van der Waals surface area contributed by atoms with Crippen LogP contribution in [0, 0.1) is 5.41 Å². The van der Waals surface area contributed by atoms with Gasteiger partial charge in [-0.05, 0) is 24.3 Å². The van der Waals surface area contributed by atoms with Crippen molar-refractivity contribution in [2.24, 2.45) is 11.1 Å². The van der Waals surface area contributed by atoms with Crippen LogP contribution in [0.2, 0.25) is 0 Å². The number of pyridine rings is 1. The second kappa shape index (κ2) is 5.47. The first-order chi connectivity index (χ1) is 9.00. The van der Waals surface area contributed by atoms with Crippen molar-refractivity contribution in [3.05, 3.63) is 17.8 Å². The second-order valence-electron chi connectivity index (χ2n) is 5.75. The van der Waals surface area contributed by atoms with Crippen LogP contribution in [0.5, 0.6) is 0 Å². The number of nitrogens with one attached hydrogen (secondary N) is 1. The van der Waals surface area contributed by atoms with Crippen molar-refractivity contribution in [2.45, 2.75) is 39.0 Å². The summed E-state index contributed by atoms with van der Waals surface area (Å²) in [5.74, 6) is 0.0320. The fraction of sp³-hybridized carbons (Fsp3) is 0.571. The number of aromatic nitrogens is 1. The van der Waals surface area contributed by atoms with Crippen molar-refractivity contribution in [3.8, 4) is 0 Å². The van der Waals surface area contributed by atoms with Gasteiger partial charge in [0.05, 0.1) is 17.4 Å². The lowest BCUT2D eigenvalue weighted by Gasteiger charge is -2.34. The number of nitrogens with zero attached hydrogens (tertiary/aromatic N) is 1. The molecule has 1 aromatic rings. The number of rotatable bonds is 4. The standard InChI is InChI=1S/C14H22N4O/c1-14(5-3-2-4-6-14)9-18-13-11(12(16)19)7-10(15)8-17-13/h7-8H,2-6,9,15H2,1H3,(H2,16,19)(H,17,18). The first kappa shape index (κ1) is 13.6. The molecule has 0 aromatic carbocycles. The molecule has 19 heavy (non-hydrogen) atoms. The minimum atomic E-state index is -0.504. The highest BCUT2D eigenvalue weighted by Crippen LogP contribution is 2.35. The molecule has 1 amide bonds. The molecule has 0 atom stereocenters. The highest BCUT2D eigenvalue weighted by molar-refractivity contribution is 5.98. The largest absolute Gasteiger partial charge is 0.397 e. The fourth-order valence-corrected chi connectivity index (χ4v) is 2.69. The van der Waals surface area contributed by atoms with Crippen molar-refractivity contribution < 1.29 is 4.79 Å².